The van der Waals surface area contributed by atoms with Gasteiger partial charge in [0.05, 0.1) is 21.3 Å². The van der Waals surface area contributed by atoms with Crippen LogP contribution in [-0.4, -0.2) is 27.2 Å². The fraction of sp³-hybridized carbons (Fsp3) is 0.211. The molecule has 0 spiro atoms. The van der Waals surface area contributed by atoms with Crippen molar-refractivity contribution in [3.05, 3.63) is 58.1 Å². The van der Waals surface area contributed by atoms with Crippen LogP contribution in [0.2, 0.25) is 0 Å². The van der Waals surface area contributed by atoms with Gasteiger partial charge >= 0.3 is 0 Å². The first kappa shape index (κ1) is 18.9. The highest BCUT2D eigenvalue weighted by molar-refractivity contribution is 9.10. The fourth-order valence-electron chi connectivity index (χ4n) is 2.20. The quantitative estimate of drug-likeness (QED) is 0.711. The van der Waals surface area contributed by atoms with E-state index in [1.54, 1.807) is 39.5 Å². The lowest BCUT2D eigenvalue weighted by molar-refractivity contribution is -0.116. The molecule has 6 heteroatoms. The van der Waals surface area contributed by atoms with Gasteiger partial charge in [0.15, 0.2) is 11.5 Å². The maximum atomic E-state index is 12.0. The minimum Gasteiger partial charge on any atom is -0.496 e. The summed E-state index contributed by atoms with van der Waals surface area (Å²) >= 11 is 3.38. The van der Waals surface area contributed by atoms with Crippen molar-refractivity contribution in [3.63, 3.8) is 0 Å². The average Bonchev–Trinajstić information content (AvgIpc) is 2.65. The number of carbonyl (C=O) groups is 1. The third kappa shape index (κ3) is 5.26. The number of hydrogen-bond acceptors (Lipinski definition) is 4. The average molecular weight is 406 g/mol. The largest absolute Gasteiger partial charge is 0.496 e. The van der Waals surface area contributed by atoms with Gasteiger partial charge in [0.2, 0.25) is 5.91 Å². The number of benzene rings is 2. The monoisotopic (exact) mass is 405 g/mol. The molecule has 0 aliphatic rings. The zero-order valence-electron chi connectivity index (χ0n) is 14.3. The topological polar surface area (TPSA) is 56.8 Å². The summed E-state index contributed by atoms with van der Waals surface area (Å²) in [4.78, 5) is 12.0. The van der Waals surface area contributed by atoms with E-state index in [1.165, 1.54) is 6.08 Å². The summed E-state index contributed by atoms with van der Waals surface area (Å²) in [5.41, 5.74) is 1.74. The number of methoxy groups -OCH3 is 3. The van der Waals surface area contributed by atoms with Crippen molar-refractivity contribution in [1.82, 2.24) is 5.32 Å². The van der Waals surface area contributed by atoms with E-state index >= 15 is 0 Å². The normalized spacial score (nSPS) is 10.6. The Morgan fingerprint density at radius 2 is 1.60 bits per heavy atom. The molecule has 0 aromatic heterocycles. The smallest absolute Gasteiger partial charge is 0.244 e. The number of rotatable bonds is 7. The Morgan fingerprint density at radius 3 is 2.20 bits per heavy atom. The van der Waals surface area contributed by atoms with Crippen molar-refractivity contribution >= 4 is 27.9 Å². The first-order chi connectivity index (χ1) is 12.1. The molecule has 0 saturated heterocycles. The van der Waals surface area contributed by atoms with Gasteiger partial charge in [-0.05, 0) is 29.8 Å². The molecule has 25 heavy (non-hydrogen) atoms. The molecule has 0 fully saturated rings. The van der Waals surface area contributed by atoms with Crippen molar-refractivity contribution in [2.45, 2.75) is 6.54 Å². The summed E-state index contributed by atoms with van der Waals surface area (Å²) in [6, 6.07) is 11.3. The van der Waals surface area contributed by atoms with Crippen LogP contribution in [0, 0.1) is 0 Å². The van der Waals surface area contributed by atoms with Crippen LogP contribution in [-0.2, 0) is 11.3 Å². The third-order valence-electron chi connectivity index (χ3n) is 3.53. The lowest BCUT2D eigenvalue weighted by Gasteiger charge is -2.12. The summed E-state index contributed by atoms with van der Waals surface area (Å²) in [6.45, 7) is 0.458. The zero-order chi connectivity index (χ0) is 18.2. The molecule has 2 rings (SSSR count). The van der Waals surface area contributed by atoms with E-state index in [1.807, 2.05) is 24.3 Å². The molecule has 0 atom stereocenters. The number of amides is 1. The van der Waals surface area contributed by atoms with Crippen LogP contribution >= 0.6 is 15.9 Å². The predicted molar refractivity (Wildman–Crippen MR) is 101 cm³/mol. The number of halogens is 1. The van der Waals surface area contributed by atoms with E-state index in [4.69, 9.17) is 14.2 Å². The Kier molecular flexibility index (Phi) is 6.89. The van der Waals surface area contributed by atoms with Gasteiger partial charge < -0.3 is 19.5 Å². The van der Waals surface area contributed by atoms with Crippen LogP contribution in [0.4, 0.5) is 0 Å². The number of carbonyl (C=O) groups excluding carboxylic acids is 1. The van der Waals surface area contributed by atoms with Gasteiger partial charge in [-0.2, -0.15) is 0 Å². The highest BCUT2D eigenvalue weighted by Gasteiger charge is 2.10. The molecule has 0 unspecified atom stereocenters. The summed E-state index contributed by atoms with van der Waals surface area (Å²) < 4.78 is 16.9. The van der Waals surface area contributed by atoms with Gasteiger partial charge in [-0.1, -0.05) is 28.1 Å². The molecular formula is C19H20BrNO4. The summed E-state index contributed by atoms with van der Waals surface area (Å²) in [5, 5.41) is 2.84. The van der Waals surface area contributed by atoms with Gasteiger partial charge in [-0.3, -0.25) is 4.79 Å². The minimum absolute atomic E-state index is 0.195. The van der Waals surface area contributed by atoms with Crippen LogP contribution in [0.15, 0.2) is 46.9 Å². The molecule has 2 aromatic carbocycles. The van der Waals surface area contributed by atoms with Gasteiger partial charge in [-0.15, -0.1) is 0 Å². The first-order valence-electron chi connectivity index (χ1n) is 7.57. The summed E-state index contributed by atoms with van der Waals surface area (Å²) in [7, 11) is 4.68. The first-order valence-corrected chi connectivity index (χ1v) is 8.37. The highest BCUT2D eigenvalue weighted by Crippen LogP contribution is 2.35. The molecule has 0 radical (unpaired) electrons. The second-order valence-corrected chi connectivity index (χ2v) is 6.04. The molecule has 0 aliphatic heterocycles. The standard InChI is InChI=1S/C19H20BrNO4/c1-23-16-11-18(25-3)17(24-2)10-14(16)6-9-19(22)21-12-13-4-7-15(20)8-5-13/h4-11H,12H2,1-3H3,(H,21,22). The van der Waals surface area contributed by atoms with E-state index in [2.05, 4.69) is 21.2 Å². The Bertz CT molecular complexity index is 757. The third-order valence-corrected chi connectivity index (χ3v) is 4.06. The van der Waals surface area contributed by atoms with E-state index in [9.17, 15) is 4.79 Å². The van der Waals surface area contributed by atoms with Crippen LogP contribution < -0.4 is 19.5 Å². The minimum atomic E-state index is -0.195. The Balaban J connectivity index is 2.06. The SMILES string of the molecule is COc1cc(OC)c(OC)cc1C=CC(=O)NCc1ccc(Br)cc1. The van der Waals surface area contributed by atoms with Crippen molar-refractivity contribution in [3.8, 4) is 17.2 Å². The molecule has 0 heterocycles. The van der Waals surface area contributed by atoms with Crippen LogP contribution in [0.5, 0.6) is 17.2 Å². The van der Waals surface area contributed by atoms with Gasteiger partial charge in [-0.25, -0.2) is 0 Å². The lowest BCUT2D eigenvalue weighted by atomic mass is 10.1. The Labute approximate surface area is 155 Å². The highest BCUT2D eigenvalue weighted by atomic mass is 79.9. The maximum absolute atomic E-state index is 12.0. The molecule has 2 aromatic rings. The zero-order valence-corrected chi connectivity index (χ0v) is 15.9. The second-order valence-electron chi connectivity index (χ2n) is 5.13. The molecule has 0 bridgehead atoms. The molecule has 0 aliphatic carbocycles. The lowest BCUT2D eigenvalue weighted by Crippen LogP contribution is -2.20. The maximum Gasteiger partial charge on any atom is 0.244 e. The molecule has 0 saturated carbocycles. The summed E-state index contributed by atoms with van der Waals surface area (Å²) in [6.07, 6.45) is 3.14. The van der Waals surface area contributed by atoms with Crippen molar-refractivity contribution in [2.24, 2.45) is 0 Å². The second kappa shape index (κ2) is 9.13. The molecular weight excluding hydrogens is 386 g/mol. The number of nitrogens with one attached hydrogen (secondary N) is 1. The van der Waals surface area contributed by atoms with Gasteiger partial charge in [0.1, 0.15) is 5.75 Å². The molecule has 132 valence electrons. The number of hydrogen-bond donors (Lipinski definition) is 1. The molecule has 5 nitrogen and oxygen atoms in total. The van der Waals surface area contributed by atoms with Gasteiger partial charge in [0.25, 0.3) is 0 Å². The van der Waals surface area contributed by atoms with Crippen molar-refractivity contribution in [2.75, 3.05) is 21.3 Å². The number of ether oxygens (including phenoxy) is 3. The van der Waals surface area contributed by atoms with E-state index in [0.29, 0.717) is 23.8 Å². The predicted octanol–water partition coefficient (Wildman–Crippen LogP) is 3.80. The van der Waals surface area contributed by atoms with Crippen LogP contribution in [0.1, 0.15) is 11.1 Å². The molecule has 1 amide bonds. The van der Waals surface area contributed by atoms with Crippen LogP contribution in [0.25, 0.3) is 6.08 Å². The summed E-state index contributed by atoms with van der Waals surface area (Å²) in [5.74, 6) is 1.53. The van der Waals surface area contributed by atoms with Crippen molar-refractivity contribution in [1.29, 1.82) is 0 Å². The Morgan fingerprint density at radius 1 is 1.00 bits per heavy atom. The Hall–Kier alpha value is -2.47. The van der Waals surface area contributed by atoms with Gasteiger partial charge in [0, 0.05) is 28.7 Å². The van der Waals surface area contributed by atoms with E-state index < -0.39 is 0 Å². The van der Waals surface area contributed by atoms with E-state index in [-0.39, 0.29) is 5.91 Å². The van der Waals surface area contributed by atoms with E-state index in [0.717, 1.165) is 15.6 Å². The van der Waals surface area contributed by atoms with Crippen molar-refractivity contribution < 1.29 is 19.0 Å². The fourth-order valence-corrected chi connectivity index (χ4v) is 2.46. The van der Waals surface area contributed by atoms with Crippen LogP contribution in [0.3, 0.4) is 0 Å². The molecule has 1 N–H and O–H groups in total.